The maximum absolute atomic E-state index is 5.64. The Labute approximate surface area is 92.9 Å². The van der Waals surface area contributed by atoms with Gasteiger partial charge in [0, 0.05) is 6.04 Å². The van der Waals surface area contributed by atoms with Gasteiger partial charge in [0.25, 0.3) is 0 Å². The highest BCUT2D eigenvalue weighted by Crippen LogP contribution is 2.24. The summed E-state index contributed by atoms with van der Waals surface area (Å²) < 4.78 is 0. The van der Waals surface area contributed by atoms with Crippen LogP contribution in [0.5, 0.6) is 0 Å². The van der Waals surface area contributed by atoms with E-state index in [9.17, 15) is 0 Å². The molecule has 2 atom stereocenters. The number of nitrogens with two attached hydrogens (primary N) is 1. The Morgan fingerprint density at radius 2 is 1.93 bits per heavy atom. The molecule has 0 aliphatic rings. The van der Waals surface area contributed by atoms with E-state index >= 15 is 0 Å². The number of hydrogen-bond acceptors (Lipinski definition) is 2. The van der Waals surface area contributed by atoms with E-state index in [1.54, 1.807) is 0 Å². The summed E-state index contributed by atoms with van der Waals surface area (Å²) in [4.78, 5) is 0. The molecule has 2 heteroatoms. The fourth-order valence-electron chi connectivity index (χ4n) is 2.18. The summed E-state index contributed by atoms with van der Waals surface area (Å²) in [5.41, 5.74) is 7.05. The van der Waals surface area contributed by atoms with E-state index in [-0.39, 0.29) is 0 Å². The summed E-state index contributed by atoms with van der Waals surface area (Å²) in [7, 11) is 2.02. The van der Waals surface area contributed by atoms with Crippen LogP contribution in [0.1, 0.15) is 31.2 Å². The average molecular weight is 206 g/mol. The molecule has 0 aliphatic carbocycles. The predicted octanol–water partition coefficient (Wildman–Crippen LogP) is 2.12. The second-order valence-corrected chi connectivity index (χ2v) is 3.90. The third kappa shape index (κ3) is 3.33. The smallest absolute Gasteiger partial charge is 0.0145 e. The van der Waals surface area contributed by atoms with Gasteiger partial charge in [0.15, 0.2) is 0 Å². The fraction of sp³-hybridized carbons (Fsp3) is 0.538. The molecule has 0 aliphatic heterocycles. The quantitative estimate of drug-likeness (QED) is 0.748. The van der Waals surface area contributed by atoms with Crippen molar-refractivity contribution in [1.82, 2.24) is 5.32 Å². The molecular weight excluding hydrogens is 184 g/mol. The molecule has 3 N–H and O–H groups in total. The first-order valence-corrected chi connectivity index (χ1v) is 5.75. The van der Waals surface area contributed by atoms with Crippen LogP contribution >= 0.6 is 0 Å². The number of likely N-dealkylation sites (N-methyl/N-ethyl adjacent to an activating group) is 1. The van der Waals surface area contributed by atoms with E-state index in [1.807, 2.05) is 7.05 Å². The molecule has 0 bridgehead atoms. The summed E-state index contributed by atoms with van der Waals surface area (Å²) >= 11 is 0. The van der Waals surface area contributed by atoms with Gasteiger partial charge in [-0.25, -0.2) is 0 Å². The molecule has 2 nitrogen and oxygen atoms in total. The lowest BCUT2D eigenvalue weighted by Crippen LogP contribution is -2.34. The lowest BCUT2D eigenvalue weighted by Gasteiger charge is -2.26. The Kier molecular flexibility index (Phi) is 5.37. The van der Waals surface area contributed by atoms with E-state index in [0.29, 0.717) is 12.0 Å². The lowest BCUT2D eigenvalue weighted by atomic mass is 9.87. The van der Waals surface area contributed by atoms with Gasteiger partial charge >= 0.3 is 0 Å². The van der Waals surface area contributed by atoms with Gasteiger partial charge in [0.05, 0.1) is 0 Å². The van der Waals surface area contributed by atoms with Crippen molar-refractivity contribution in [2.24, 2.45) is 5.73 Å². The van der Waals surface area contributed by atoms with Gasteiger partial charge in [0.2, 0.25) is 0 Å². The fourth-order valence-corrected chi connectivity index (χ4v) is 2.18. The normalized spacial score (nSPS) is 14.9. The first-order valence-electron chi connectivity index (χ1n) is 5.75. The van der Waals surface area contributed by atoms with Crippen LogP contribution < -0.4 is 11.1 Å². The van der Waals surface area contributed by atoms with Crippen LogP contribution in [0.3, 0.4) is 0 Å². The largest absolute Gasteiger partial charge is 0.330 e. The van der Waals surface area contributed by atoms with Crippen LogP contribution in [0.4, 0.5) is 0 Å². The van der Waals surface area contributed by atoms with Crippen LogP contribution in [0.15, 0.2) is 30.3 Å². The molecule has 1 unspecified atom stereocenters. The standard InChI is InChI=1S/C13H22N2/c1-3-12(13(15-2)9-10-14)11-7-5-4-6-8-11/h4-8,12-13,15H,3,9-10,14H2,1-2H3/t12?,13-/m1/s1. The third-order valence-corrected chi connectivity index (χ3v) is 3.00. The summed E-state index contributed by atoms with van der Waals surface area (Å²) in [6.07, 6.45) is 2.18. The van der Waals surface area contributed by atoms with Crippen LogP contribution in [0.25, 0.3) is 0 Å². The summed E-state index contributed by atoms with van der Waals surface area (Å²) in [6, 6.07) is 11.2. The number of nitrogens with one attached hydrogen (secondary N) is 1. The molecule has 1 aromatic carbocycles. The topological polar surface area (TPSA) is 38.0 Å². The van der Waals surface area contributed by atoms with Crippen molar-refractivity contribution < 1.29 is 0 Å². The summed E-state index contributed by atoms with van der Waals surface area (Å²) in [5.74, 6) is 0.569. The van der Waals surface area contributed by atoms with Gasteiger partial charge in [-0.2, -0.15) is 0 Å². The molecule has 0 radical (unpaired) electrons. The number of hydrogen-bond donors (Lipinski definition) is 2. The average Bonchev–Trinajstić information content (AvgIpc) is 2.30. The lowest BCUT2D eigenvalue weighted by molar-refractivity contribution is 0.430. The van der Waals surface area contributed by atoms with Gasteiger partial charge in [-0.3, -0.25) is 0 Å². The molecule has 0 fully saturated rings. The van der Waals surface area contributed by atoms with Crippen molar-refractivity contribution >= 4 is 0 Å². The molecule has 0 saturated carbocycles. The molecular formula is C13H22N2. The minimum absolute atomic E-state index is 0.488. The Morgan fingerprint density at radius 3 is 2.40 bits per heavy atom. The van der Waals surface area contributed by atoms with Gasteiger partial charge in [-0.05, 0) is 37.9 Å². The first-order chi connectivity index (χ1) is 7.33. The van der Waals surface area contributed by atoms with E-state index in [0.717, 1.165) is 19.4 Å². The molecule has 0 saturated heterocycles. The van der Waals surface area contributed by atoms with Crippen LogP contribution in [-0.2, 0) is 0 Å². The first kappa shape index (κ1) is 12.2. The van der Waals surface area contributed by atoms with Crippen molar-refractivity contribution in [2.45, 2.75) is 31.7 Å². The monoisotopic (exact) mass is 206 g/mol. The molecule has 1 rings (SSSR count). The molecule has 1 aromatic rings. The van der Waals surface area contributed by atoms with E-state index in [4.69, 9.17) is 5.73 Å². The molecule has 15 heavy (non-hydrogen) atoms. The van der Waals surface area contributed by atoms with E-state index < -0.39 is 0 Å². The van der Waals surface area contributed by atoms with Crippen molar-refractivity contribution in [3.8, 4) is 0 Å². The SMILES string of the molecule is CCC(c1ccccc1)[C@@H](CCN)NC. The molecule has 0 spiro atoms. The van der Waals surface area contributed by atoms with Crippen molar-refractivity contribution in [3.05, 3.63) is 35.9 Å². The Balaban J connectivity index is 2.77. The maximum Gasteiger partial charge on any atom is 0.0145 e. The highest BCUT2D eigenvalue weighted by atomic mass is 14.9. The molecule has 0 heterocycles. The van der Waals surface area contributed by atoms with Crippen molar-refractivity contribution in [2.75, 3.05) is 13.6 Å². The highest BCUT2D eigenvalue weighted by molar-refractivity contribution is 5.21. The minimum Gasteiger partial charge on any atom is -0.330 e. The zero-order valence-electron chi connectivity index (χ0n) is 9.74. The second kappa shape index (κ2) is 6.59. The Hall–Kier alpha value is -0.860. The predicted molar refractivity (Wildman–Crippen MR) is 66.0 cm³/mol. The molecule has 84 valence electrons. The number of rotatable bonds is 6. The molecule has 0 amide bonds. The van der Waals surface area contributed by atoms with E-state index in [1.165, 1.54) is 5.56 Å². The summed E-state index contributed by atoms with van der Waals surface area (Å²) in [6.45, 7) is 2.98. The van der Waals surface area contributed by atoms with Gasteiger partial charge in [-0.15, -0.1) is 0 Å². The van der Waals surface area contributed by atoms with Crippen molar-refractivity contribution in [1.29, 1.82) is 0 Å². The minimum atomic E-state index is 0.488. The molecule has 0 aromatic heterocycles. The second-order valence-electron chi connectivity index (χ2n) is 3.90. The maximum atomic E-state index is 5.64. The third-order valence-electron chi connectivity index (χ3n) is 3.00. The van der Waals surface area contributed by atoms with Crippen LogP contribution in [-0.4, -0.2) is 19.6 Å². The Morgan fingerprint density at radius 1 is 1.27 bits per heavy atom. The van der Waals surface area contributed by atoms with E-state index in [2.05, 4.69) is 42.6 Å². The van der Waals surface area contributed by atoms with Gasteiger partial charge in [0.1, 0.15) is 0 Å². The van der Waals surface area contributed by atoms with Crippen LogP contribution in [0, 0.1) is 0 Å². The van der Waals surface area contributed by atoms with Crippen LogP contribution in [0.2, 0.25) is 0 Å². The zero-order valence-corrected chi connectivity index (χ0v) is 9.74. The zero-order chi connectivity index (χ0) is 11.1. The highest BCUT2D eigenvalue weighted by Gasteiger charge is 2.18. The Bertz CT molecular complexity index is 258. The number of benzene rings is 1. The van der Waals surface area contributed by atoms with Gasteiger partial charge in [-0.1, -0.05) is 37.3 Å². The summed E-state index contributed by atoms with van der Waals surface area (Å²) in [5, 5.41) is 3.37. The van der Waals surface area contributed by atoms with Gasteiger partial charge < -0.3 is 11.1 Å². The van der Waals surface area contributed by atoms with Crippen molar-refractivity contribution in [3.63, 3.8) is 0 Å².